The van der Waals surface area contributed by atoms with E-state index in [1.807, 2.05) is 13.0 Å². The Morgan fingerprint density at radius 3 is 2.76 bits per heavy atom. The van der Waals surface area contributed by atoms with Crippen LogP contribution in [0.15, 0.2) is 24.3 Å². The molecule has 0 aliphatic heterocycles. The van der Waals surface area contributed by atoms with E-state index >= 15 is 0 Å². The molecule has 0 saturated heterocycles. The van der Waals surface area contributed by atoms with Crippen LogP contribution in [0.1, 0.15) is 38.2 Å². The van der Waals surface area contributed by atoms with Crippen molar-refractivity contribution >= 4 is 18.3 Å². The number of halogens is 2. The Morgan fingerprint density at radius 1 is 1.43 bits per heavy atom. The van der Waals surface area contributed by atoms with Crippen LogP contribution in [0.3, 0.4) is 0 Å². The summed E-state index contributed by atoms with van der Waals surface area (Å²) < 4.78 is 13.5. The summed E-state index contributed by atoms with van der Waals surface area (Å²) in [6.45, 7) is 1.90. The number of nitrogens with one attached hydrogen (secondary N) is 1. The smallest absolute Gasteiger partial charge is 0.220 e. The number of carbonyl (C=O) groups excluding carboxylic acids is 1. The second kappa shape index (κ2) is 8.35. The molecule has 1 fully saturated rings. The first kappa shape index (κ1) is 17.9. The molecule has 5 heteroatoms. The van der Waals surface area contributed by atoms with E-state index in [0.29, 0.717) is 24.3 Å². The maximum Gasteiger partial charge on any atom is 0.220 e. The van der Waals surface area contributed by atoms with Crippen molar-refractivity contribution in [2.24, 2.45) is 11.7 Å². The van der Waals surface area contributed by atoms with Crippen LogP contribution >= 0.6 is 12.4 Å². The van der Waals surface area contributed by atoms with Crippen molar-refractivity contribution in [1.29, 1.82) is 0 Å². The third-order valence-corrected chi connectivity index (χ3v) is 4.06. The van der Waals surface area contributed by atoms with Gasteiger partial charge >= 0.3 is 0 Å². The van der Waals surface area contributed by atoms with Gasteiger partial charge in [-0.05, 0) is 43.7 Å². The average molecular weight is 315 g/mol. The lowest BCUT2D eigenvalue weighted by atomic mass is 9.99. The van der Waals surface area contributed by atoms with Crippen LogP contribution in [0.5, 0.6) is 0 Å². The van der Waals surface area contributed by atoms with Crippen molar-refractivity contribution in [3.63, 3.8) is 0 Å². The summed E-state index contributed by atoms with van der Waals surface area (Å²) in [5, 5.41) is 2.94. The summed E-state index contributed by atoms with van der Waals surface area (Å²) in [7, 11) is 0. The Morgan fingerprint density at radius 2 is 2.14 bits per heavy atom. The molecule has 1 aliphatic rings. The predicted octanol–water partition coefficient (Wildman–Crippen LogP) is 2.81. The van der Waals surface area contributed by atoms with Crippen LogP contribution in [0.25, 0.3) is 0 Å². The zero-order valence-corrected chi connectivity index (χ0v) is 13.2. The molecule has 1 aromatic carbocycles. The van der Waals surface area contributed by atoms with Crippen molar-refractivity contribution < 1.29 is 9.18 Å². The molecular weight excluding hydrogens is 291 g/mol. The number of amides is 1. The van der Waals surface area contributed by atoms with Crippen LogP contribution in [0.4, 0.5) is 4.39 Å². The van der Waals surface area contributed by atoms with Gasteiger partial charge in [-0.3, -0.25) is 4.79 Å². The van der Waals surface area contributed by atoms with Crippen LogP contribution in [-0.2, 0) is 11.2 Å². The average Bonchev–Trinajstić information content (AvgIpc) is 2.77. The largest absolute Gasteiger partial charge is 0.353 e. The van der Waals surface area contributed by atoms with E-state index in [-0.39, 0.29) is 36.2 Å². The van der Waals surface area contributed by atoms with E-state index in [4.69, 9.17) is 5.73 Å². The van der Waals surface area contributed by atoms with Crippen LogP contribution in [0.2, 0.25) is 0 Å². The van der Waals surface area contributed by atoms with Gasteiger partial charge in [0, 0.05) is 18.5 Å². The summed E-state index contributed by atoms with van der Waals surface area (Å²) >= 11 is 0. The van der Waals surface area contributed by atoms with Gasteiger partial charge < -0.3 is 11.1 Å². The van der Waals surface area contributed by atoms with Gasteiger partial charge in [0.05, 0.1) is 0 Å². The minimum atomic E-state index is -0.216. The number of hydrogen-bond acceptors (Lipinski definition) is 2. The van der Waals surface area contributed by atoms with E-state index in [0.717, 1.165) is 19.3 Å². The third-order valence-electron chi connectivity index (χ3n) is 4.06. The fourth-order valence-corrected chi connectivity index (χ4v) is 2.94. The molecule has 1 amide bonds. The van der Waals surface area contributed by atoms with Gasteiger partial charge in [0.1, 0.15) is 5.82 Å². The molecule has 0 radical (unpaired) electrons. The van der Waals surface area contributed by atoms with Crippen LogP contribution in [-0.4, -0.2) is 18.0 Å². The van der Waals surface area contributed by atoms with Gasteiger partial charge in [-0.1, -0.05) is 24.6 Å². The molecule has 1 saturated carbocycles. The number of carbonyl (C=O) groups is 1. The van der Waals surface area contributed by atoms with Gasteiger partial charge in [0.15, 0.2) is 0 Å². The molecule has 3 N–H and O–H groups in total. The summed E-state index contributed by atoms with van der Waals surface area (Å²) in [6, 6.07) is 6.76. The van der Waals surface area contributed by atoms with E-state index in [9.17, 15) is 9.18 Å². The molecule has 118 valence electrons. The topological polar surface area (TPSA) is 55.1 Å². The highest BCUT2D eigenvalue weighted by Gasteiger charge is 2.26. The molecule has 0 spiro atoms. The van der Waals surface area contributed by atoms with Crippen molar-refractivity contribution in [1.82, 2.24) is 5.32 Å². The molecule has 0 bridgehead atoms. The van der Waals surface area contributed by atoms with Gasteiger partial charge in [-0.15, -0.1) is 12.4 Å². The molecule has 1 aliphatic carbocycles. The molecule has 0 heterocycles. The molecule has 3 atom stereocenters. The van der Waals surface area contributed by atoms with E-state index < -0.39 is 0 Å². The lowest BCUT2D eigenvalue weighted by molar-refractivity contribution is -0.122. The monoisotopic (exact) mass is 314 g/mol. The highest BCUT2D eigenvalue weighted by atomic mass is 35.5. The first-order valence-electron chi connectivity index (χ1n) is 7.34. The number of benzene rings is 1. The van der Waals surface area contributed by atoms with E-state index in [1.54, 1.807) is 12.1 Å². The normalized spacial score (nSPS) is 22.4. The van der Waals surface area contributed by atoms with Crippen molar-refractivity contribution in [3.05, 3.63) is 35.6 Å². The maximum atomic E-state index is 13.5. The van der Waals surface area contributed by atoms with E-state index in [2.05, 4.69) is 5.32 Å². The second-order valence-electron chi connectivity index (χ2n) is 5.82. The Labute approximate surface area is 131 Å². The molecule has 2 rings (SSSR count). The summed E-state index contributed by atoms with van der Waals surface area (Å²) in [5.41, 5.74) is 6.61. The first-order chi connectivity index (χ1) is 9.56. The second-order valence-corrected chi connectivity index (χ2v) is 5.82. The van der Waals surface area contributed by atoms with Gasteiger partial charge in [-0.2, -0.15) is 0 Å². The van der Waals surface area contributed by atoms with Crippen molar-refractivity contribution in [2.45, 2.75) is 51.1 Å². The van der Waals surface area contributed by atoms with E-state index in [1.165, 1.54) is 6.07 Å². The lowest BCUT2D eigenvalue weighted by Crippen LogP contribution is -2.37. The van der Waals surface area contributed by atoms with Crippen LogP contribution in [0, 0.1) is 11.7 Å². The molecule has 21 heavy (non-hydrogen) atoms. The van der Waals surface area contributed by atoms with Gasteiger partial charge in [0.25, 0.3) is 0 Å². The fraction of sp³-hybridized carbons (Fsp3) is 0.562. The van der Waals surface area contributed by atoms with Gasteiger partial charge in [-0.25, -0.2) is 4.39 Å². The summed E-state index contributed by atoms with van der Waals surface area (Å²) in [6.07, 6.45) is 4.17. The molecule has 0 aromatic heterocycles. The van der Waals surface area contributed by atoms with Crippen molar-refractivity contribution in [2.75, 3.05) is 0 Å². The zero-order chi connectivity index (χ0) is 14.5. The SMILES string of the molecule is CC(Cc1ccccc1F)NC(=O)C[C@@H]1CCC[C@H]1N.Cl. The minimum Gasteiger partial charge on any atom is -0.353 e. The first-order valence-corrected chi connectivity index (χ1v) is 7.34. The Kier molecular flexibility index (Phi) is 7.12. The Bertz CT molecular complexity index is 469. The summed E-state index contributed by atoms with van der Waals surface area (Å²) in [5.74, 6) is 0.110. The number of nitrogens with two attached hydrogens (primary N) is 1. The minimum absolute atomic E-state index is 0. The lowest BCUT2D eigenvalue weighted by Gasteiger charge is -2.18. The molecule has 1 aromatic rings. The van der Waals surface area contributed by atoms with Gasteiger partial charge in [0.2, 0.25) is 5.91 Å². The summed E-state index contributed by atoms with van der Waals surface area (Å²) in [4.78, 5) is 12.0. The highest BCUT2D eigenvalue weighted by Crippen LogP contribution is 2.26. The van der Waals surface area contributed by atoms with Crippen LogP contribution < -0.4 is 11.1 Å². The maximum absolute atomic E-state index is 13.5. The number of hydrogen-bond donors (Lipinski definition) is 2. The predicted molar refractivity (Wildman–Crippen MR) is 84.9 cm³/mol. The Hall–Kier alpha value is -1.13. The highest BCUT2D eigenvalue weighted by molar-refractivity contribution is 5.85. The molecular formula is C16H24ClFN2O. The number of rotatable bonds is 5. The standard InChI is InChI=1S/C16H23FN2O.ClH/c1-11(9-12-5-2-3-7-14(12)17)19-16(20)10-13-6-4-8-15(13)18;/h2-3,5,7,11,13,15H,4,6,8-10,18H2,1H3,(H,19,20);1H/t11?,13-,15+;/m0./s1. The molecule has 1 unspecified atom stereocenters. The third kappa shape index (κ3) is 5.29. The fourth-order valence-electron chi connectivity index (χ4n) is 2.94. The quantitative estimate of drug-likeness (QED) is 0.878. The molecule has 3 nitrogen and oxygen atoms in total. The zero-order valence-electron chi connectivity index (χ0n) is 12.3. The van der Waals surface area contributed by atoms with Crippen molar-refractivity contribution in [3.8, 4) is 0 Å². The Balaban J connectivity index is 0.00000220.